The predicted molar refractivity (Wildman–Crippen MR) is 165 cm³/mol. The van der Waals surface area contributed by atoms with E-state index in [1.165, 1.54) is 43.5 Å². The van der Waals surface area contributed by atoms with Crippen LogP contribution in [-0.4, -0.2) is 55.8 Å². The van der Waals surface area contributed by atoms with Crippen molar-refractivity contribution < 1.29 is 19.3 Å². The van der Waals surface area contributed by atoms with Gasteiger partial charge in [0, 0.05) is 19.3 Å². The van der Waals surface area contributed by atoms with E-state index in [4.69, 9.17) is 14.2 Å². The summed E-state index contributed by atoms with van der Waals surface area (Å²) in [6.07, 6.45) is 7.30. The molecule has 0 amide bonds. The van der Waals surface area contributed by atoms with E-state index >= 15 is 0 Å². The van der Waals surface area contributed by atoms with Gasteiger partial charge in [0.25, 0.3) is 0 Å². The first-order valence-corrected chi connectivity index (χ1v) is 17.5. The molecule has 0 aliphatic rings. The first-order valence-electron chi connectivity index (χ1n) is 14.5. The van der Waals surface area contributed by atoms with Gasteiger partial charge in [-0.25, -0.2) is 0 Å². The quantitative estimate of drug-likeness (QED) is 0.0963. The van der Waals surface area contributed by atoms with Crippen LogP contribution in [0.4, 0.5) is 0 Å². The van der Waals surface area contributed by atoms with Gasteiger partial charge >= 0.3 is 0 Å². The maximum Gasteiger partial charge on any atom is 0.161 e. The molecule has 0 saturated carbocycles. The third kappa shape index (κ3) is 9.51. The number of hydrogen-bond donors (Lipinski definition) is 1. The van der Waals surface area contributed by atoms with Crippen molar-refractivity contribution in [3.63, 3.8) is 0 Å². The fourth-order valence-electron chi connectivity index (χ4n) is 6.80. The lowest BCUT2D eigenvalue weighted by Crippen LogP contribution is -2.49. The van der Waals surface area contributed by atoms with Crippen LogP contribution in [0.2, 0.25) is 6.04 Å². The number of unbranched alkanes of at least 4 members (excludes halogenated alkanes) is 5. The maximum atomic E-state index is 10.6. The SMILES string of the molecule is CCOC(OCC)[Si]CCCCCCCCOc1ccc(O)cc1[P+](C(C)(C)C)(C(C)(C)C)C(C)(C)C. The molecule has 0 atom stereocenters. The molecule has 0 heterocycles. The smallest absolute Gasteiger partial charge is 0.161 e. The highest BCUT2D eigenvalue weighted by atomic mass is 31.2. The first-order chi connectivity index (χ1) is 17.1. The number of benzene rings is 1. The Balaban J connectivity index is 2.72. The Morgan fingerprint density at radius 2 is 1.24 bits per heavy atom. The maximum absolute atomic E-state index is 10.6. The number of phenolic OH excluding ortho intramolecular Hbond substituents is 1. The summed E-state index contributed by atoms with van der Waals surface area (Å²) in [6.45, 7) is 27.6. The van der Waals surface area contributed by atoms with Crippen LogP contribution in [0.15, 0.2) is 18.2 Å². The van der Waals surface area contributed by atoms with Crippen molar-refractivity contribution in [2.24, 2.45) is 0 Å². The number of phenols is 1. The molecule has 37 heavy (non-hydrogen) atoms. The Kier molecular flexibility index (Phi) is 14.2. The van der Waals surface area contributed by atoms with Crippen LogP contribution in [0.25, 0.3) is 0 Å². The highest BCUT2D eigenvalue weighted by Gasteiger charge is 2.67. The van der Waals surface area contributed by atoms with Gasteiger partial charge in [0.15, 0.2) is 5.75 Å². The lowest BCUT2D eigenvalue weighted by Gasteiger charge is -2.54. The van der Waals surface area contributed by atoms with Gasteiger partial charge in [0.05, 0.1) is 29.3 Å². The van der Waals surface area contributed by atoms with E-state index in [0.29, 0.717) is 5.75 Å². The minimum atomic E-state index is -1.86. The van der Waals surface area contributed by atoms with E-state index in [1.807, 2.05) is 26.0 Å². The second-order valence-corrected chi connectivity index (χ2v) is 20.2. The van der Waals surface area contributed by atoms with Crippen LogP contribution in [-0.2, 0) is 9.47 Å². The summed E-state index contributed by atoms with van der Waals surface area (Å²) in [7, 11) is -1.13. The molecule has 1 N–H and O–H groups in total. The molecule has 6 heteroatoms. The molecule has 0 aromatic heterocycles. The van der Waals surface area contributed by atoms with Gasteiger partial charge < -0.3 is 19.3 Å². The van der Waals surface area contributed by atoms with Crippen LogP contribution in [0.5, 0.6) is 11.5 Å². The second kappa shape index (κ2) is 15.2. The number of ether oxygens (including phenoxy) is 3. The molecule has 1 rings (SSSR count). The van der Waals surface area contributed by atoms with Gasteiger partial charge in [-0.2, -0.15) is 0 Å². The van der Waals surface area contributed by atoms with Crippen molar-refractivity contribution in [1.82, 2.24) is 0 Å². The molecule has 0 unspecified atom stereocenters. The molecule has 0 saturated heterocycles. The Morgan fingerprint density at radius 3 is 1.73 bits per heavy atom. The monoisotopic (exact) mass is 553 g/mol. The van der Waals surface area contributed by atoms with Crippen molar-refractivity contribution >= 4 is 22.1 Å². The van der Waals surface area contributed by atoms with Crippen LogP contribution in [0.3, 0.4) is 0 Å². The molecule has 0 spiro atoms. The second-order valence-electron chi connectivity index (χ2n) is 13.0. The highest BCUT2D eigenvalue weighted by molar-refractivity contribution is 7.87. The summed E-state index contributed by atoms with van der Waals surface area (Å²) in [5.41, 5.74) is 0. The predicted octanol–water partition coefficient (Wildman–Crippen LogP) is 8.63. The minimum Gasteiger partial charge on any atom is -0.508 e. The average molecular weight is 554 g/mol. The van der Waals surface area contributed by atoms with Crippen LogP contribution < -0.4 is 10.0 Å². The largest absolute Gasteiger partial charge is 0.508 e. The van der Waals surface area contributed by atoms with Crippen molar-refractivity contribution in [3.8, 4) is 11.5 Å². The van der Waals surface area contributed by atoms with Gasteiger partial charge in [-0.15, -0.1) is 0 Å². The highest BCUT2D eigenvalue weighted by Crippen LogP contribution is 2.83. The summed E-state index contributed by atoms with van der Waals surface area (Å²) in [6, 6.07) is 6.98. The van der Waals surface area contributed by atoms with Gasteiger partial charge in [-0.3, -0.25) is 0 Å². The lowest BCUT2D eigenvalue weighted by atomic mass is 10.1. The zero-order valence-electron chi connectivity index (χ0n) is 26.0. The van der Waals surface area contributed by atoms with E-state index in [0.717, 1.165) is 41.5 Å². The van der Waals surface area contributed by atoms with Gasteiger partial charge in [-0.05, 0) is 94.7 Å². The summed E-state index contributed by atoms with van der Waals surface area (Å²) >= 11 is 0. The molecular weight excluding hydrogens is 495 g/mol. The van der Waals surface area contributed by atoms with E-state index < -0.39 is 7.26 Å². The molecule has 0 aliphatic carbocycles. The summed E-state index contributed by atoms with van der Waals surface area (Å²) in [4.78, 5) is 0. The normalized spacial score (nSPS) is 13.4. The van der Waals surface area contributed by atoms with E-state index in [-0.39, 0.29) is 21.4 Å². The number of hydrogen-bond acceptors (Lipinski definition) is 4. The minimum absolute atomic E-state index is 0.00651. The fourth-order valence-corrected chi connectivity index (χ4v) is 17.1. The summed E-state index contributed by atoms with van der Waals surface area (Å²) in [5.74, 6) is 1.29. The van der Waals surface area contributed by atoms with Crippen molar-refractivity contribution in [3.05, 3.63) is 18.2 Å². The lowest BCUT2D eigenvalue weighted by molar-refractivity contribution is -0.0827. The topological polar surface area (TPSA) is 47.9 Å². The molecule has 214 valence electrons. The summed E-state index contributed by atoms with van der Waals surface area (Å²) < 4.78 is 17.8. The molecule has 0 aliphatic heterocycles. The van der Waals surface area contributed by atoms with Crippen molar-refractivity contribution in [2.75, 3.05) is 19.8 Å². The molecule has 1 aromatic rings. The first kappa shape index (κ1) is 34.4. The fraction of sp³-hybridized carbons (Fsp3) is 0.806. The van der Waals surface area contributed by atoms with Gasteiger partial charge in [0.1, 0.15) is 26.5 Å². The average Bonchev–Trinajstić information content (AvgIpc) is 2.73. The Morgan fingerprint density at radius 1 is 0.757 bits per heavy atom. The van der Waals surface area contributed by atoms with E-state index in [1.54, 1.807) is 6.07 Å². The Labute approximate surface area is 232 Å². The van der Waals surface area contributed by atoms with Crippen LogP contribution in [0.1, 0.15) is 115 Å². The number of rotatable bonds is 16. The van der Waals surface area contributed by atoms with Crippen LogP contribution in [0, 0.1) is 0 Å². The van der Waals surface area contributed by atoms with Crippen molar-refractivity contribution in [1.29, 1.82) is 0 Å². The number of aromatic hydroxyl groups is 1. The Hall–Kier alpha value is -0.613. The third-order valence-electron chi connectivity index (χ3n) is 7.10. The standard InChI is InChI=1S/C31H57O4PSi/c1-12-33-28(34-13-2)37-23-19-17-15-14-16-18-22-35-26-21-20-25(32)24-27(26)36(29(3,4)5,30(6,7)8)31(9,10)11/h20-21,24,28H,12-19,22-23H2,1-11H3/p+1. The third-order valence-corrected chi connectivity index (χ3v) is 15.5. The zero-order chi connectivity index (χ0) is 28.3. The van der Waals surface area contributed by atoms with Gasteiger partial charge in [-0.1, -0.05) is 38.1 Å². The molecule has 2 radical (unpaired) electrons. The van der Waals surface area contributed by atoms with E-state index in [2.05, 4.69) is 62.3 Å². The zero-order valence-corrected chi connectivity index (χ0v) is 27.9. The van der Waals surface area contributed by atoms with E-state index in [9.17, 15) is 5.11 Å². The van der Waals surface area contributed by atoms with Crippen molar-refractivity contribution in [2.45, 2.75) is 142 Å². The van der Waals surface area contributed by atoms with Crippen LogP contribution >= 0.6 is 7.26 Å². The molecular formula is C31H58O4PSi+. The molecule has 0 fully saturated rings. The Bertz CT molecular complexity index is 735. The van der Waals surface area contributed by atoms with Gasteiger partial charge in [0.2, 0.25) is 0 Å². The molecule has 4 nitrogen and oxygen atoms in total. The summed E-state index contributed by atoms with van der Waals surface area (Å²) in [5, 5.41) is 12.0. The molecule has 1 aromatic carbocycles. The molecule has 0 bridgehead atoms.